The minimum Gasteiger partial charge on any atom is -0.323 e. The summed E-state index contributed by atoms with van der Waals surface area (Å²) in [5.41, 5.74) is 0. The molecule has 0 amide bonds. The zero-order chi connectivity index (χ0) is 2.71. The van der Waals surface area contributed by atoms with Crippen LogP contribution in [0.4, 0.5) is 0 Å². The molecule has 0 aliphatic heterocycles. The van der Waals surface area contributed by atoms with Crippen molar-refractivity contribution in [2.45, 2.75) is 0 Å². The van der Waals surface area contributed by atoms with Gasteiger partial charge in [0.2, 0.25) is 0 Å². The van der Waals surface area contributed by atoms with Gasteiger partial charge in [0, 0.05) is 43.4 Å². The van der Waals surface area contributed by atoms with Crippen LogP contribution in [0.5, 0.6) is 0 Å². The molecule has 0 aliphatic rings. The van der Waals surface area contributed by atoms with Crippen molar-refractivity contribution in [2.24, 2.45) is 0 Å². The van der Waals surface area contributed by atoms with Gasteiger partial charge in [-0.05, 0) is 14.1 Å². The van der Waals surface area contributed by atoms with E-state index in [4.69, 9.17) is 0 Å². The summed E-state index contributed by atoms with van der Waals surface area (Å²) >= 11 is 0. The first-order chi connectivity index (χ1) is 1.41. The monoisotopic (exact) mass is 141 g/mol. The van der Waals surface area contributed by atoms with Crippen molar-refractivity contribution < 1.29 is 43.4 Å². The molecule has 28 valence electrons. The fourth-order valence-corrected chi connectivity index (χ4v) is 0. The van der Waals surface area contributed by atoms with E-state index < -0.39 is 0 Å². The van der Waals surface area contributed by atoms with Crippen molar-refractivity contribution in [3.63, 3.8) is 0 Å². The van der Waals surface area contributed by atoms with E-state index in [2.05, 4.69) is 5.32 Å². The average molecular weight is 141 g/mol. The molecule has 0 saturated carbocycles. The van der Waals surface area contributed by atoms with E-state index in [-0.39, 0.29) is 43.4 Å². The minimum absolute atomic E-state index is 0. The summed E-state index contributed by atoms with van der Waals surface area (Å²) in [6.07, 6.45) is 0. The van der Waals surface area contributed by atoms with Crippen LogP contribution in [-0.4, -0.2) is 14.1 Å². The Balaban J connectivity index is -0.0000000200. The molecule has 0 aromatic rings. The van der Waals surface area contributed by atoms with E-state index in [1.54, 1.807) is 0 Å². The molecule has 3 heteroatoms. The number of rotatable bonds is 0. The molecule has 0 aromatic heterocycles. The van der Waals surface area contributed by atoms with E-state index in [0.717, 1.165) is 0 Å². The number of nitrogens with one attached hydrogen (secondary N) is 1. The molecule has 5 heavy (non-hydrogen) atoms. The van der Waals surface area contributed by atoms with Crippen molar-refractivity contribution in [2.75, 3.05) is 14.1 Å². The zero-order valence-corrected chi connectivity index (χ0v) is 6.62. The first kappa shape index (κ1) is 16.2. The maximum atomic E-state index is 2.75. The van der Waals surface area contributed by atoms with Crippen molar-refractivity contribution >= 4 is 0 Å². The zero-order valence-electron chi connectivity index (χ0n) is 3.50. The molecule has 0 spiro atoms. The van der Waals surface area contributed by atoms with Gasteiger partial charge in [-0.25, -0.2) is 0 Å². The summed E-state index contributed by atoms with van der Waals surface area (Å²) in [7, 11) is 3.75. The number of hydrogen-bond donors (Lipinski definition) is 1. The molecule has 0 aromatic carbocycles. The molecule has 0 fully saturated rings. The van der Waals surface area contributed by atoms with Gasteiger partial charge in [-0.2, -0.15) is 0 Å². The predicted octanol–water partition coefficient (Wildman–Crippen LogP) is -0.169. The predicted molar refractivity (Wildman–Crippen MR) is 15.0 cm³/mol. The normalized spacial score (nSPS) is 3.60. The Kier molecular flexibility index (Phi) is 58.8. The Hall–Kier alpha value is 1.39. The third-order valence-electron chi connectivity index (χ3n) is 0. The van der Waals surface area contributed by atoms with Gasteiger partial charge in [0.15, 0.2) is 0 Å². The maximum absolute atomic E-state index is 2.75. The standard InChI is InChI=1S/C2H7N.2Ti/c1-3-2;;/h3H,1-2H3;;. The van der Waals surface area contributed by atoms with Crippen molar-refractivity contribution in [1.29, 1.82) is 0 Å². The number of hydrogen-bond acceptors (Lipinski definition) is 1. The second-order valence-corrected chi connectivity index (χ2v) is 0.500. The molecule has 0 heterocycles. The molecule has 0 bridgehead atoms. The van der Waals surface area contributed by atoms with Crippen LogP contribution in [0.1, 0.15) is 0 Å². The summed E-state index contributed by atoms with van der Waals surface area (Å²) in [4.78, 5) is 0. The van der Waals surface area contributed by atoms with Gasteiger partial charge in [-0.3, -0.25) is 0 Å². The van der Waals surface area contributed by atoms with Gasteiger partial charge < -0.3 is 5.32 Å². The van der Waals surface area contributed by atoms with Crippen LogP contribution in [0.15, 0.2) is 0 Å². The largest absolute Gasteiger partial charge is 0.323 e. The quantitative estimate of drug-likeness (QED) is 0.461. The van der Waals surface area contributed by atoms with Gasteiger partial charge in [-0.1, -0.05) is 0 Å². The first-order valence-electron chi connectivity index (χ1n) is 1.00. The SMILES string of the molecule is CNC.[Ti].[Ti]. The van der Waals surface area contributed by atoms with E-state index in [9.17, 15) is 0 Å². The van der Waals surface area contributed by atoms with Gasteiger partial charge in [0.05, 0.1) is 0 Å². The van der Waals surface area contributed by atoms with Crippen molar-refractivity contribution in [1.82, 2.24) is 5.32 Å². The van der Waals surface area contributed by atoms with Crippen LogP contribution in [0.25, 0.3) is 0 Å². The van der Waals surface area contributed by atoms with Crippen LogP contribution < -0.4 is 5.32 Å². The van der Waals surface area contributed by atoms with Crippen LogP contribution in [-0.2, 0) is 43.4 Å². The molecule has 0 saturated heterocycles. The van der Waals surface area contributed by atoms with Crippen LogP contribution in [0, 0.1) is 0 Å². The van der Waals surface area contributed by atoms with Crippen molar-refractivity contribution in [3.05, 3.63) is 0 Å². The molecule has 0 unspecified atom stereocenters. The summed E-state index contributed by atoms with van der Waals surface area (Å²) in [5, 5.41) is 2.75. The summed E-state index contributed by atoms with van der Waals surface area (Å²) in [5.74, 6) is 0. The summed E-state index contributed by atoms with van der Waals surface area (Å²) in [6, 6.07) is 0. The van der Waals surface area contributed by atoms with Gasteiger partial charge in [0.1, 0.15) is 0 Å². The smallest absolute Gasteiger partial charge is 0 e. The van der Waals surface area contributed by atoms with Gasteiger partial charge in [-0.15, -0.1) is 0 Å². The van der Waals surface area contributed by atoms with E-state index in [1.165, 1.54) is 0 Å². The van der Waals surface area contributed by atoms with E-state index >= 15 is 0 Å². The van der Waals surface area contributed by atoms with E-state index in [1.807, 2.05) is 14.1 Å². The molecular formula is C2H7NTi2. The summed E-state index contributed by atoms with van der Waals surface area (Å²) in [6.45, 7) is 0. The molecule has 1 N–H and O–H groups in total. The van der Waals surface area contributed by atoms with Crippen LogP contribution in [0.3, 0.4) is 0 Å². The Morgan fingerprint density at radius 1 is 1.00 bits per heavy atom. The maximum Gasteiger partial charge on any atom is 0 e. The Labute approximate surface area is 62.7 Å². The average Bonchev–Trinajstić information content (AvgIpc) is 0.918. The Morgan fingerprint density at radius 3 is 1.00 bits per heavy atom. The third kappa shape index (κ3) is 32.1. The Morgan fingerprint density at radius 2 is 1.00 bits per heavy atom. The molecular weight excluding hydrogens is 134 g/mol. The van der Waals surface area contributed by atoms with Gasteiger partial charge >= 0.3 is 0 Å². The van der Waals surface area contributed by atoms with Crippen LogP contribution >= 0.6 is 0 Å². The fourth-order valence-electron chi connectivity index (χ4n) is 0. The van der Waals surface area contributed by atoms with Gasteiger partial charge in [0.25, 0.3) is 0 Å². The first-order valence-corrected chi connectivity index (χ1v) is 1.00. The minimum atomic E-state index is 0. The Bertz CT molecular complexity index is 7.61. The van der Waals surface area contributed by atoms with Crippen LogP contribution in [0.2, 0.25) is 0 Å². The van der Waals surface area contributed by atoms with Crippen molar-refractivity contribution in [3.8, 4) is 0 Å². The summed E-state index contributed by atoms with van der Waals surface area (Å²) < 4.78 is 0. The molecule has 0 aliphatic carbocycles. The second-order valence-electron chi connectivity index (χ2n) is 0.500. The third-order valence-corrected chi connectivity index (χ3v) is 0. The van der Waals surface area contributed by atoms with E-state index in [0.29, 0.717) is 0 Å². The molecule has 0 rings (SSSR count). The second kappa shape index (κ2) is 18.2. The molecule has 0 atom stereocenters. The molecule has 0 radical (unpaired) electrons. The molecule has 1 nitrogen and oxygen atoms in total. The topological polar surface area (TPSA) is 12.0 Å². The fraction of sp³-hybridized carbons (Fsp3) is 1.00.